The summed E-state index contributed by atoms with van der Waals surface area (Å²) < 4.78 is 32.6. The average Bonchev–Trinajstić information content (AvgIpc) is 3.15. The quantitative estimate of drug-likeness (QED) is 0.0283. The van der Waals surface area contributed by atoms with Crippen LogP contribution in [0.4, 0.5) is 0 Å². The van der Waals surface area contributed by atoms with Crippen molar-refractivity contribution in [2.24, 2.45) is 0 Å². The van der Waals surface area contributed by atoms with E-state index in [9.17, 15) is 19.0 Å². The Morgan fingerprint density at radius 2 is 0.926 bits per heavy atom. The van der Waals surface area contributed by atoms with Crippen LogP contribution in [0.5, 0.6) is 0 Å². The highest BCUT2D eigenvalue weighted by molar-refractivity contribution is 7.47. The summed E-state index contributed by atoms with van der Waals surface area (Å²) in [6.45, 7) is 5.40. The molecule has 0 aliphatic rings. The molecule has 0 saturated carbocycles. The van der Waals surface area contributed by atoms with E-state index in [0.717, 1.165) is 64.2 Å². The van der Waals surface area contributed by atoms with E-state index in [4.69, 9.17) is 18.5 Å². The van der Waals surface area contributed by atoms with Crippen molar-refractivity contribution in [3.8, 4) is 0 Å². The lowest BCUT2D eigenvalue weighted by Crippen LogP contribution is -2.29. The average molecular weight is 783 g/mol. The molecule has 1 N–H and O–H groups in total. The van der Waals surface area contributed by atoms with Crippen LogP contribution >= 0.6 is 7.82 Å². The van der Waals surface area contributed by atoms with E-state index >= 15 is 0 Å². The Hall–Kier alpha value is -1.73. The Kier molecular flexibility index (Phi) is 39.6. The lowest BCUT2D eigenvalue weighted by molar-refractivity contribution is -0.161. The largest absolute Gasteiger partial charge is 0.472 e. The van der Waals surface area contributed by atoms with Gasteiger partial charge >= 0.3 is 19.8 Å². The third-order valence-electron chi connectivity index (χ3n) is 9.40. The zero-order valence-electron chi connectivity index (χ0n) is 35.1. The lowest BCUT2D eigenvalue weighted by atomic mass is 10.1. The molecule has 2 unspecified atom stereocenters. The highest BCUT2D eigenvalue weighted by Gasteiger charge is 2.25. The SMILES string of the molecule is CCC/C=C\C/C=C\CCCCCCCC(=O)OC(COC(=O)CCCCCCCCCCC/C=C\CCCCCCCCCC)COP(=O)(O)OCC. The van der Waals surface area contributed by atoms with Crippen LogP contribution in [0.15, 0.2) is 36.5 Å². The first-order chi connectivity index (χ1) is 26.3. The van der Waals surface area contributed by atoms with Gasteiger partial charge < -0.3 is 14.4 Å². The zero-order valence-corrected chi connectivity index (χ0v) is 36.0. The van der Waals surface area contributed by atoms with E-state index in [0.29, 0.717) is 6.42 Å². The number of hydrogen-bond acceptors (Lipinski definition) is 7. The number of hydrogen-bond donors (Lipinski definition) is 1. The Balaban J connectivity index is 4.02. The van der Waals surface area contributed by atoms with Gasteiger partial charge in [-0.3, -0.25) is 18.6 Å². The third kappa shape index (κ3) is 39.9. The van der Waals surface area contributed by atoms with Gasteiger partial charge in [-0.1, -0.05) is 166 Å². The first-order valence-corrected chi connectivity index (χ1v) is 23.8. The third-order valence-corrected chi connectivity index (χ3v) is 10.5. The Labute approximate surface area is 332 Å². The first kappa shape index (κ1) is 52.3. The van der Waals surface area contributed by atoms with Gasteiger partial charge in [0, 0.05) is 12.8 Å². The van der Waals surface area contributed by atoms with Crippen LogP contribution in [0, 0.1) is 0 Å². The standard InChI is InChI=1S/C45H83O8P/c1-4-7-9-11-13-15-17-19-20-21-22-23-24-25-26-28-29-31-33-35-37-39-44(46)50-41-43(42-52-54(48,49)51-6-3)53-45(47)40-38-36-34-32-30-27-18-16-14-12-10-8-5-2/h10,12,16,18,21-22,43H,4-9,11,13-15,17,19-20,23-42H2,1-3H3,(H,48,49)/b12-10-,18-16-,22-21-. The van der Waals surface area contributed by atoms with Crippen molar-refractivity contribution in [2.45, 2.75) is 219 Å². The molecule has 0 spiro atoms. The van der Waals surface area contributed by atoms with E-state index in [1.807, 2.05) is 0 Å². The lowest BCUT2D eigenvalue weighted by Gasteiger charge is -2.19. The van der Waals surface area contributed by atoms with Crippen molar-refractivity contribution < 1.29 is 37.6 Å². The fourth-order valence-electron chi connectivity index (χ4n) is 6.13. The molecule has 0 radical (unpaired) electrons. The Morgan fingerprint density at radius 1 is 0.500 bits per heavy atom. The van der Waals surface area contributed by atoms with Crippen molar-refractivity contribution >= 4 is 19.8 Å². The maximum absolute atomic E-state index is 12.5. The number of carbonyl (C=O) groups excluding carboxylic acids is 2. The minimum atomic E-state index is -4.28. The van der Waals surface area contributed by atoms with Crippen molar-refractivity contribution in [1.29, 1.82) is 0 Å². The van der Waals surface area contributed by atoms with E-state index in [2.05, 4.69) is 50.3 Å². The highest BCUT2D eigenvalue weighted by atomic mass is 31.2. The van der Waals surface area contributed by atoms with E-state index in [-0.39, 0.29) is 32.0 Å². The van der Waals surface area contributed by atoms with Crippen molar-refractivity contribution in [2.75, 3.05) is 19.8 Å². The molecule has 316 valence electrons. The minimum absolute atomic E-state index is 0.00276. The summed E-state index contributed by atoms with van der Waals surface area (Å²) in [5.41, 5.74) is 0. The van der Waals surface area contributed by atoms with E-state index in [1.165, 1.54) is 109 Å². The molecule has 0 rings (SSSR count). The van der Waals surface area contributed by atoms with Crippen LogP contribution in [0.2, 0.25) is 0 Å². The molecule has 54 heavy (non-hydrogen) atoms. The second-order valence-electron chi connectivity index (χ2n) is 14.7. The molecule has 0 aromatic heterocycles. The molecule has 0 amide bonds. The van der Waals surface area contributed by atoms with Gasteiger partial charge in [0.05, 0.1) is 13.2 Å². The predicted molar refractivity (Wildman–Crippen MR) is 226 cm³/mol. The molecule has 0 bridgehead atoms. The molecule has 0 heterocycles. The monoisotopic (exact) mass is 783 g/mol. The summed E-state index contributed by atoms with van der Waals surface area (Å²) in [5.74, 6) is -0.813. The molecule has 8 nitrogen and oxygen atoms in total. The summed E-state index contributed by atoms with van der Waals surface area (Å²) >= 11 is 0. The topological polar surface area (TPSA) is 108 Å². The maximum Gasteiger partial charge on any atom is 0.472 e. The van der Waals surface area contributed by atoms with E-state index in [1.54, 1.807) is 6.92 Å². The Morgan fingerprint density at radius 3 is 1.41 bits per heavy atom. The highest BCUT2D eigenvalue weighted by Crippen LogP contribution is 2.43. The normalized spacial score (nSPS) is 13.6. The van der Waals surface area contributed by atoms with E-state index < -0.39 is 26.5 Å². The van der Waals surface area contributed by atoms with Gasteiger partial charge in [-0.05, 0) is 71.1 Å². The van der Waals surface area contributed by atoms with Crippen LogP contribution in [0.25, 0.3) is 0 Å². The van der Waals surface area contributed by atoms with Crippen LogP contribution in [-0.4, -0.2) is 42.8 Å². The van der Waals surface area contributed by atoms with Gasteiger partial charge in [0.25, 0.3) is 0 Å². The summed E-state index contributed by atoms with van der Waals surface area (Å²) in [4.78, 5) is 34.7. The molecular formula is C45H83O8P. The van der Waals surface area contributed by atoms with Crippen LogP contribution in [0.3, 0.4) is 0 Å². The maximum atomic E-state index is 12.5. The summed E-state index contributed by atoms with van der Waals surface area (Å²) in [7, 11) is -4.28. The second-order valence-corrected chi connectivity index (χ2v) is 16.2. The number of ether oxygens (including phenoxy) is 2. The minimum Gasteiger partial charge on any atom is -0.462 e. The Bertz CT molecular complexity index is 979. The fourth-order valence-corrected chi connectivity index (χ4v) is 6.89. The van der Waals surface area contributed by atoms with Crippen LogP contribution in [-0.2, 0) is 32.7 Å². The number of rotatable bonds is 41. The molecular weight excluding hydrogens is 699 g/mol. The molecule has 9 heteroatoms. The molecule has 0 saturated heterocycles. The van der Waals surface area contributed by atoms with Crippen molar-refractivity contribution in [3.63, 3.8) is 0 Å². The van der Waals surface area contributed by atoms with Crippen molar-refractivity contribution in [3.05, 3.63) is 36.5 Å². The zero-order chi connectivity index (χ0) is 39.6. The van der Waals surface area contributed by atoms with Crippen LogP contribution < -0.4 is 0 Å². The number of unbranched alkanes of at least 4 members (excludes halogenated alkanes) is 23. The van der Waals surface area contributed by atoms with Gasteiger partial charge in [-0.2, -0.15) is 0 Å². The smallest absolute Gasteiger partial charge is 0.462 e. The van der Waals surface area contributed by atoms with Gasteiger partial charge in [0.2, 0.25) is 0 Å². The van der Waals surface area contributed by atoms with Gasteiger partial charge in [-0.15, -0.1) is 0 Å². The number of phosphoric ester groups is 1. The van der Waals surface area contributed by atoms with Gasteiger partial charge in [0.15, 0.2) is 6.10 Å². The summed E-state index contributed by atoms with van der Waals surface area (Å²) in [6.07, 6.45) is 46.3. The first-order valence-electron chi connectivity index (χ1n) is 22.3. The summed E-state index contributed by atoms with van der Waals surface area (Å²) in [5, 5.41) is 0. The number of carbonyl (C=O) groups is 2. The number of phosphoric acid groups is 1. The fraction of sp³-hybridized carbons (Fsp3) is 0.822. The number of allylic oxidation sites excluding steroid dienone is 6. The molecule has 0 aliphatic heterocycles. The summed E-state index contributed by atoms with van der Waals surface area (Å²) in [6, 6.07) is 0. The van der Waals surface area contributed by atoms with Crippen molar-refractivity contribution in [1.82, 2.24) is 0 Å². The number of esters is 2. The van der Waals surface area contributed by atoms with Crippen LogP contribution in [0.1, 0.15) is 213 Å². The molecule has 0 fully saturated rings. The van der Waals surface area contributed by atoms with Gasteiger partial charge in [0.1, 0.15) is 6.61 Å². The predicted octanol–water partition coefficient (Wildman–Crippen LogP) is 14.0. The molecule has 0 aliphatic carbocycles. The van der Waals surface area contributed by atoms with Gasteiger partial charge in [-0.25, -0.2) is 4.57 Å². The second kappa shape index (κ2) is 40.9. The molecule has 2 atom stereocenters. The molecule has 0 aromatic carbocycles. The molecule has 0 aromatic rings.